The Morgan fingerprint density at radius 1 is 1.62 bits per heavy atom. The Kier molecular flexibility index (Phi) is 1.77. The molecule has 0 spiro atoms. The van der Waals surface area contributed by atoms with E-state index in [4.69, 9.17) is 0 Å². The fourth-order valence-corrected chi connectivity index (χ4v) is 1.45. The third-order valence-electron chi connectivity index (χ3n) is 1.67. The van der Waals surface area contributed by atoms with Gasteiger partial charge in [-0.05, 0) is 22.0 Å². The van der Waals surface area contributed by atoms with E-state index in [0.29, 0.717) is 11.0 Å². The van der Waals surface area contributed by atoms with E-state index in [2.05, 4.69) is 25.9 Å². The Morgan fingerprint density at radius 2 is 2.38 bits per heavy atom. The van der Waals surface area contributed by atoms with Crippen molar-refractivity contribution in [2.75, 3.05) is 0 Å². The first-order chi connectivity index (χ1) is 6.18. The molecule has 0 aliphatic rings. The monoisotopic (exact) mass is 241 g/mol. The van der Waals surface area contributed by atoms with Crippen LogP contribution in [0.2, 0.25) is 0 Å². The first-order valence-electron chi connectivity index (χ1n) is 3.45. The number of nitrogens with one attached hydrogen (secondary N) is 1. The van der Waals surface area contributed by atoms with E-state index in [1.165, 1.54) is 6.20 Å². The Balaban J connectivity index is 2.79. The van der Waals surface area contributed by atoms with E-state index in [9.17, 15) is 10.1 Å². The molecule has 0 aliphatic carbocycles. The van der Waals surface area contributed by atoms with Gasteiger partial charge in [-0.3, -0.25) is 10.1 Å². The largest absolute Gasteiger partial charge is 0.340 e. The van der Waals surface area contributed by atoms with Gasteiger partial charge >= 0.3 is 0 Å². The maximum absolute atomic E-state index is 10.5. The lowest BCUT2D eigenvalue weighted by Crippen LogP contribution is -1.85. The lowest BCUT2D eigenvalue weighted by Gasteiger charge is -1.90. The quantitative estimate of drug-likeness (QED) is 0.615. The highest BCUT2D eigenvalue weighted by molar-refractivity contribution is 9.10. The van der Waals surface area contributed by atoms with Crippen LogP contribution in [-0.4, -0.2) is 14.9 Å². The first-order valence-corrected chi connectivity index (χ1v) is 4.25. The molecule has 2 rings (SSSR count). The van der Waals surface area contributed by atoms with Gasteiger partial charge in [0.15, 0.2) is 0 Å². The van der Waals surface area contributed by atoms with Crippen molar-refractivity contribution in [3.05, 3.63) is 33.0 Å². The minimum Gasteiger partial charge on any atom is -0.340 e. The molecule has 0 unspecified atom stereocenters. The van der Waals surface area contributed by atoms with Crippen LogP contribution in [0.4, 0.5) is 5.69 Å². The summed E-state index contributed by atoms with van der Waals surface area (Å²) >= 11 is 3.20. The molecule has 0 aliphatic heterocycles. The van der Waals surface area contributed by atoms with Crippen molar-refractivity contribution in [1.82, 2.24) is 9.97 Å². The molecule has 2 heterocycles. The van der Waals surface area contributed by atoms with Crippen molar-refractivity contribution in [2.24, 2.45) is 0 Å². The average Bonchev–Trinajstić information content (AvgIpc) is 2.46. The zero-order chi connectivity index (χ0) is 9.42. The Morgan fingerprint density at radius 3 is 3.08 bits per heavy atom. The van der Waals surface area contributed by atoms with Crippen LogP contribution in [0.15, 0.2) is 22.9 Å². The second kappa shape index (κ2) is 2.81. The summed E-state index contributed by atoms with van der Waals surface area (Å²) in [6.07, 6.45) is 2.92. The summed E-state index contributed by atoms with van der Waals surface area (Å²) in [7, 11) is 0. The number of pyridine rings is 1. The molecule has 0 fully saturated rings. The molecular formula is C7H4BrN3O2. The Bertz CT molecular complexity index is 480. The highest BCUT2D eigenvalue weighted by Gasteiger charge is 2.14. The van der Waals surface area contributed by atoms with Crippen LogP contribution < -0.4 is 0 Å². The molecule has 0 amide bonds. The Labute approximate surface area is 81.1 Å². The molecule has 6 heteroatoms. The summed E-state index contributed by atoms with van der Waals surface area (Å²) in [5, 5.41) is 11.0. The predicted octanol–water partition coefficient (Wildman–Crippen LogP) is 2.23. The normalized spacial score (nSPS) is 10.5. The van der Waals surface area contributed by atoms with Crippen LogP contribution in [0, 0.1) is 10.1 Å². The van der Waals surface area contributed by atoms with Crippen molar-refractivity contribution >= 4 is 32.7 Å². The number of rotatable bonds is 1. The molecule has 13 heavy (non-hydrogen) atoms. The number of halogens is 1. The molecule has 66 valence electrons. The van der Waals surface area contributed by atoms with Crippen LogP contribution in [-0.2, 0) is 0 Å². The predicted molar refractivity (Wildman–Crippen MR) is 50.4 cm³/mol. The molecule has 0 radical (unpaired) electrons. The van der Waals surface area contributed by atoms with Crippen molar-refractivity contribution < 1.29 is 4.92 Å². The van der Waals surface area contributed by atoms with Crippen LogP contribution in [0.1, 0.15) is 0 Å². The van der Waals surface area contributed by atoms with Gasteiger partial charge in [0, 0.05) is 10.7 Å². The third-order valence-corrected chi connectivity index (χ3v) is 2.11. The topological polar surface area (TPSA) is 71.8 Å². The second-order valence-electron chi connectivity index (χ2n) is 2.48. The third kappa shape index (κ3) is 1.29. The second-order valence-corrected chi connectivity index (χ2v) is 3.40. The number of fused-ring (bicyclic) bond motifs is 1. The lowest BCUT2D eigenvalue weighted by atomic mass is 10.3. The summed E-state index contributed by atoms with van der Waals surface area (Å²) < 4.78 is 0.725. The highest BCUT2D eigenvalue weighted by Crippen LogP contribution is 2.25. The maximum atomic E-state index is 10.5. The van der Waals surface area contributed by atoms with Crippen molar-refractivity contribution in [1.29, 1.82) is 0 Å². The molecule has 2 aromatic heterocycles. The highest BCUT2D eigenvalue weighted by atomic mass is 79.9. The molecule has 0 saturated heterocycles. The van der Waals surface area contributed by atoms with Gasteiger partial charge in [0.05, 0.1) is 16.5 Å². The summed E-state index contributed by atoms with van der Waals surface area (Å²) in [4.78, 5) is 16.8. The summed E-state index contributed by atoms with van der Waals surface area (Å²) in [5.41, 5.74) is 0.568. The minimum atomic E-state index is -0.438. The summed E-state index contributed by atoms with van der Waals surface area (Å²) in [5.74, 6) is 0. The van der Waals surface area contributed by atoms with Crippen LogP contribution in [0.5, 0.6) is 0 Å². The van der Waals surface area contributed by atoms with Crippen LogP contribution >= 0.6 is 15.9 Å². The number of aromatic nitrogens is 2. The van der Waals surface area contributed by atoms with E-state index < -0.39 is 4.92 Å². The molecule has 0 aromatic carbocycles. The van der Waals surface area contributed by atoms with Crippen molar-refractivity contribution in [3.8, 4) is 0 Å². The van der Waals surface area contributed by atoms with E-state index in [0.717, 1.165) is 4.47 Å². The maximum Gasteiger partial charge on any atom is 0.296 e. The summed E-state index contributed by atoms with van der Waals surface area (Å²) in [6, 6.07) is 1.66. The first kappa shape index (κ1) is 8.18. The molecule has 0 atom stereocenters. The number of nitrogens with zero attached hydrogens (tertiary/aromatic N) is 2. The molecule has 0 bridgehead atoms. The Hall–Kier alpha value is -1.43. The van der Waals surface area contributed by atoms with E-state index in [1.807, 2.05) is 0 Å². The van der Waals surface area contributed by atoms with Gasteiger partial charge in [-0.15, -0.1) is 0 Å². The van der Waals surface area contributed by atoms with Gasteiger partial charge in [-0.1, -0.05) is 0 Å². The number of aromatic amines is 1. The van der Waals surface area contributed by atoms with Gasteiger partial charge in [-0.25, -0.2) is 4.98 Å². The number of hydrogen-bond donors (Lipinski definition) is 1. The number of nitro groups is 1. The van der Waals surface area contributed by atoms with Crippen LogP contribution in [0.25, 0.3) is 11.0 Å². The number of hydrogen-bond acceptors (Lipinski definition) is 3. The zero-order valence-electron chi connectivity index (χ0n) is 6.32. The van der Waals surface area contributed by atoms with E-state index >= 15 is 0 Å². The molecular weight excluding hydrogens is 238 g/mol. The zero-order valence-corrected chi connectivity index (χ0v) is 7.91. The standard InChI is InChI=1S/C7H4BrN3O2/c8-4-1-5-6(11(12)13)3-10-7(5)9-2-4/h1-3H,(H,9,10). The molecule has 5 nitrogen and oxygen atoms in total. The van der Waals surface area contributed by atoms with E-state index in [1.54, 1.807) is 12.3 Å². The van der Waals surface area contributed by atoms with Gasteiger partial charge < -0.3 is 4.98 Å². The van der Waals surface area contributed by atoms with E-state index in [-0.39, 0.29) is 5.69 Å². The van der Waals surface area contributed by atoms with Crippen molar-refractivity contribution in [2.45, 2.75) is 0 Å². The minimum absolute atomic E-state index is 0.0452. The fraction of sp³-hybridized carbons (Fsp3) is 0. The molecule has 2 aromatic rings. The van der Waals surface area contributed by atoms with Crippen molar-refractivity contribution in [3.63, 3.8) is 0 Å². The fourth-order valence-electron chi connectivity index (χ4n) is 1.12. The molecule has 0 saturated carbocycles. The van der Waals surface area contributed by atoms with Crippen LogP contribution in [0.3, 0.4) is 0 Å². The van der Waals surface area contributed by atoms with Gasteiger partial charge in [0.1, 0.15) is 5.65 Å². The smallest absolute Gasteiger partial charge is 0.296 e. The van der Waals surface area contributed by atoms with Gasteiger partial charge in [0.2, 0.25) is 0 Å². The SMILES string of the molecule is O=[N+]([O-])c1c[nH]c2ncc(Br)cc12. The average molecular weight is 242 g/mol. The lowest BCUT2D eigenvalue weighted by molar-refractivity contribution is -0.383. The summed E-state index contributed by atoms with van der Waals surface area (Å²) in [6.45, 7) is 0. The van der Waals surface area contributed by atoms with Gasteiger partial charge in [0.25, 0.3) is 5.69 Å². The molecule has 1 N–H and O–H groups in total. The number of H-pyrrole nitrogens is 1. The van der Waals surface area contributed by atoms with Gasteiger partial charge in [-0.2, -0.15) is 0 Å².